The van der Waals surface area contributed by atoms with Crippen LogP contribution in [0.1, 0.15) is 25.8 Å². The van der Waals surface area contributed by atoms with Crippen molar-refractivity contribution in [1.29, 1.82) is 0 Å². The Labute approximate surface area is 105 Å². The fourth-order valence-electron chi connectivity index (χ4n) is 1.80. The van der Waals surface area contributed by atoms with Crippen molar-refractivity contribution in [2.24, 2.45) is 5.73 Å². The second-order valence-corrected chi connectivity index (χ2v) is 5.06. The van der Waals surface area contributed by atoms with Crippen molar-refractivity contribution in [1.82, 2.24) is 4.90 Å². The number of ether oxygens (including phenoxy) is 1. The van der Waals surface area contributed by atoms with E-state index in [-0.39, 0.29) is 5.54 Å². The molecule has 1 aromatic carbocycles. The zero-order valence-corrected chi connectivity index (χ0v) is 11.4. The number of methoxy groups -OCH3 is 1. The summed E-state index contributed by atoms with van der Waals surface area (Å²) in [5.41, 5.74) is 7.03. The quantitative estimate of drug-likeness (QED) is 0.823. The average molecular weight is 236 g/mol. The van der Waals surface area contributed by atoms with E-state index in [1.165, 1.54) is 5.56 Å². The zero-order chi connectivity index (χ0) is 12.9. The van der Waals surface area contributed by atoms with Crippen molar-refractivity contribution in [2.75, 3.05) is 20.7 Å². The lowest BCUT2D eigenvalue weighted by atomic mass is 9.98. The summed E-state index contributed by atoms with van der Waals surface area (Å²) in [6.07, 6.45) is 0.994. The highest BCUT2D eigenvalue weighted by Crippen LogP contribution is 2.20. The monoisotopic (exact) mass is 236 g/mol. The van der Waals surface area contributed by atoms with Gasteiger partial charge in [-0.05, 0) is 51.6 Å². The molecule has 2 N–H and O–H groups in total. The van der Waals surface area contributed by atoms with E-state index in [0.717, 1.165) is 25.3 Å². The predicted octanol–water partition coefficient (Wildman–Crippen LogP) is 2.25. The second-order valence-electron chi connectivity index (χ2n) is 5.06. The summed E-state index contributed by atoms with van der Waals surface area (Å²) in [6, 6.07) is 8.19. The highest BCUT2D eigenvalue weighted by atomic mass is 16.5. The predicted molar refractivity (Wildman–Crippen MR) is 72.2 cm³/mol. The van der Waals surface area contributed by atoms with Crippen molar-refractivity contribution in [2.45, 2.75) is 32.4 Å². The van der Waals surface area contributed by atoms with E-state index in [1.807, 2.05) is 12.1 Å². The summed E-state index contributed by atoms with van der Waals surface area (Å²) >= 11 is 0. The van der Waals surface area contributed by atoms with Gasteiger partial charge in [0, 0.05) is 12.1 Å². The summed E-state index contributed by atoms with van der Waals surface area (Å²) in [4.78, 5) is 2.33. The van der Waals surface area contributed by atoms with E-state index in [2.05, 4.69) is 37.9 Å². The Balaban J connectivity index is 2.69. The van der Waals surface area contributed by atoms with E-state index < -0.39 is 0 Å². The van der Waals surface area contributed by atoms with Crippen LogP contribution < -0.4 is 10.5 Å². The Bertz CT molecular complexity index is 350. The van der Waals surface area contributed by atoms with Crippen LogP contribution in [0, 0.1) is 0 Å². The van der Waals surface area contributed by atoms with Gasteiger partial charge in [-0.1, -0.05) is 12.1 Å². The molecule has 0 spiro atoms. The molecule has 0 saturated heterocycles. The third-order valence-electron chi connectivity index (χ3n) is 3.34. The van der Waals surface area contributed by atoms with Gasteiger partial charge in [-0.3, -0.25) is 4.90 Å². The lowest BCUT2D eigenvalue weighted by molar-refractivity contribution is 0.140. The van der Waals surface area contributed by atoms with Gasteiger partial charge in [0.15, 0.2) is 0 Å². The van der Waals surface area contributed by atoms with E-state index in [1.54, 1.807) is 7.11 Å². The Hall–Kier alpha value is -1.06. The van der Waals surface area contributed by atoms with Gasteiger partial charge in [0.2, 0.25) is 0 Å². The molecule has 0 fully saturated rings. The lowest BCUT2D eigenvalue weighted by Crippen LogP contribution is -2.42. The molecule has 0 aliphatic heterocycles. The minimum absolute atomic E-state index is 0.123. The molecule has 1 rings (SSSR count). The Morgan fingerprint density at radius 1 is 1.35 bits per heavy atom. The number of nitrogens with two attached hydrogens (primary N) is 1. The summed E-state index contributed by atoms with van der Waals surface area (Å²) in [5, 5.41) is 0. The van der Waals surface area contributed by atoms with Gasteiger partial charge in [0.25, 0.3) is 0 Å². The molecule has 1 aromatic rings. The van der Waals surface area contributed by atoms with Gasteiger partial charge in [-0.15, -0.1) is 0 Å². The fraction of sp³-hybridized carbons (Fsp3) is 0.571. The summed E-state index contributed by atoms with van der Waals surface area (Å²) in [6.45, 7) is 6.07. The number of nitrogens with zero attached hydrogens (tertiary/aromatic N) is 1. The molecular weight excluding hydrogens is 212 g/mol. The maximum absolute atomic E-state index is 5.64. The van der Waals surface area contributed by atoms with Crippen molar-refractivity contribution in [3.05, 3.63) is 29.8 Å². The van der Waals surface area contributed by atoms with Crippen LogP contribution in [-0.4, -0.2) is 31.1 Å². The molecule has 0 aliphatic rings. The molecule has 3 nitrogen and oxygen atoms in total. The third-order valence-corrected chi connectivity index (χ3v) is 3.34. The third kappa shape index (κ3) is 4.02. The summed E-state index contributed by atoms with van der Waals surface area (Å²) in [7, 11) is 3.83. The average Bonchev–Trinajstić information content (AvgIpc) is 2.29. The van der Waals surface area contributed by atoms with E-state index in [0.29, 0.717) is 0 Å². The number of rotatable bonds is 6. The molecule has 0 amide bonds. The highest BCUT2D eigenvalue weighted by Gasteiger charge is 2.22. The molecule has 0 unspecified atom stereocenters. The van der Waals surface area contributed by atoms with Crippen molar-refractivity contribution >= 4 is 0 Å². The van der Waals surface area contributed by atoms with Crippen molar-refractivity contribution < 1.29 is 4.74 Å². The zero-order valence-electron chi connectivity index (χ0n) is 11.4. The smallest absolute Gasteiger partial charge is 0.119 e. The molecule has 3 heteroatoms. The molecule has 17 heavy (non-hydrogen) atoms. The molecule has 0 bridgehead atoms. The van der Waals surface area contributed by atoms with Crippen LogP contribution in [0.4, 0.5) is 0 Å². The van der Waals surface area contributed by atoms with Crippen LogP contribution in [0.15, 0.2) is 24.3 Å². The Morgan fingerprint density at radius 2 is 2.06 bits per heavy atom. The van der Waals surface area contributed by atoms with Crippen LogP contribution in [0.25, 0.3) is 0 Å². The van der Waals surface area contributed by atoms with Crippen LogP contribution in [0.2, 0.25) is 0 Å². The minimum atomic E-state index is 0.123. The molecule has 0 radical (unpaired) electrons. The SMILES string of the molecule is COc1cccc(CN(C)C(C)(C)CCN)c1. The molecular formula is C14H24N2O. The molecule has 0 aromatic heterocycles. The highest BCUT2D eigenvalue weighted by molar-refractivity contribution is 5.28. The largest absolute Gasteiger partial charge is 0.497 e. The van der Waals surface area contributed by atoms with Gasteiger partial charge >= 0.3 is 0 Å². The summed E-state index contributed by atoms with van der Waals surface area (Å²) in [5.74, 6) is 0.910. The number of hydrogen-bond acceptors (Lipinski definition) is 3. The van der Waals surface area contributed by atoms with Crippen molar-refractivity contribution in [3.8, 4) is 5.75 Å². The molecule has 0 heterocycles. The molecule has 0 saturated carbocycles. The van der Waals surface area contributed by atoms with Gasteiger partial charge in [0.05, 0.1) is 7.11 Å². The summed E-state index contributed by atoms with van der Waals surface area (Å²) < 4.78 is 5.23. The van der Waals surface area contributed by atoms with E-state index >= 15 is 0 Å². The topological polar surface area (TPSA) is 38.5 Å². The molecule has 96 valence electrons. The maximum Gasteiger partial charge on any atom is 0.119 e. The van der Waals surface area contributed by atoms with E-state index in [4.69, 9.17) is 10.5 Å². The fourth-order valence-corrected chi connectivity index (χ4v) is 1.80. The van der Waals surface area contributed by atoms with Crippen LogP contribution in [-0.2, 0) is 6.54 Å². The first-order chi connectivity index (χ1) is 7.99. The lowest BCUT2D eigenvalue weighted by Gasteiger charge is -2.35. The second kappa shape index (κ2) is 6.03. The van der Waals surface area contributed by atoms with Crippen LogP contribution in [0.5, 0.6) is 5.75 Å². The number of hydrogen-bond donors (Lipinski definition) is 1. The first kappa shape index (κ1) is 14.0. The standard InChI is InChI=1S/C14H24N2O/c1-14(2,8-9-15)16(3)11-12-6-5-7-13(10-12)17-4/h5-7,10H,8-9,11,15H2,1-4H3. The van der Waals surface area contributed by atoms with Crippen LogP contribution >= 0.6 is 0 Å². The maximum atomic E-state index is 5.64. The minimum Gasteiger partial charge on any atom is -0.497 e. The normalized spacial score (nSPS) is 11.9. The van der Waals surface area contributed by atoms with Gasteiger partial charge < -0.3 is 10.5 Å². The van der Waals surface area contributed by atoms with E-state index in [9.17, 15) is 0 Å². The Kier molecular flexibility index (Phi) is 4.97. The molecule has 0 atom stereocenters. The van der Waals surface area contributed by atoms with Gasteiger partial charge in [-0.2, -0.15) is 0 Å². The molecule has 0 aliphatic carbocycles. The first-order valence-electron chi connectivity index (χ1n) is 6.04. The number of benzene rings is 1. The van der Waals surface area contributed by atoms with Gasteiger partial charge in [-0.25, -0.2) is 0 Å². The first-order valence-corrected chi connectivity index (χ1v) is 6.04. The van der Waals surface area contributed by atoms with Gasteiger partial charge in [0.1, 0.15) is 5.75 Å². The van der Waals surface area contributed by atoms with Crippen molar-refractivity contribution in [3.63, 3.8) is 0 Å². The van der Waals surface area contributed by atoms with Crippen LogP contribution in [0.3, 0.4) is 0 Å². The Morgan fingerprint density at radius 3 is 2.65 bits per heavy atom.